The van der Waals surface area contributed by atoms with Crippen LogP contribution in [0.15, 0.2) is 46.9 Å². The summed E-state index contributed by atoms with van der Waals surface area (Å²) in [4.78, 5) is 0. The molecule has 0 saturated carbocycles. The fourth-order valence-electron chi connectivity index (χ4n) is 1.87. The predicted octanol–water partition coefficient (Wildman–Crippen LogP) is 5.27. The molecule has 1 N–H and O–H groups in total. The van der Waals surface area contributed by atoms with Crippen molar-refractivity contribution < 1.29 is 0 Å². The molecule has 0 aliphatic carbocycles. The zero-order chi connectivity index (χ0) is 13.8. The van der Waals surface area contributed by atoms with E-state index in [1.807, 2.05) is 24.3 Å². The van der Waals surface area contributed by atoms with Crippen LogP contribution in [0.4, 0.5) is 0 Å². The van der Waals surface area contributed by atoms with Gasteiger partial charge in [-0.25, -0.2) is 0 Å². The second-order valence-corrected chi connectivity index (χ2v) is 6.08. The molecule has 0 amide bonds. The first-order chi connectivity index (χ1) is 9.08. The molecule has 100 valence electrons. The molecular weight excluding hydrogens is 322 g/mol. The Morgan fingerprint density at radius 1 is 1.16 bits per heavy atom. The van der Waals surface area contributed by atoms with Crippen molar-refractivity contribution in [1.82, 2.24) is 5.32 Å². The van der Waals surface area contributed by atoms with Gasteiger partial charge in [0.1, 0.15) is 0 Å². The van der Waals surface area contributed by atoms with Gasteiger partial charge in [-0.3, -0.25) is 0 Å². The van der Waals surface area contributed by atoms with Gasteiger partial charge in [0.15, 0.2) is 0 Å². The summed E-state index contributed by atoms with van der Waals surface area (Å²) in [6.45, 7) is 5.06. The van der Waals surface area contributed by atoms with Gasteiger partial charge in [0.25, 0.3) is 0 Å². The van der Waals surface area contributed by atoms with E-state index >= 15 is 0 Å². The highest BCUT2D eigenvalue weighted by Gasteiger charge is 2.06. The minimum Gasteiger partial charge on any atom is -0.310 e. The maximum atomic E-state index is 6.36. The van der Waals surface area contributed by atoms with Crippen LogP contribution >= 0.6 is 27.5 Å². The lowest BCUT2D eigenvalue weighted by Crippen LogP contribution is -2.21. The van der Waals surface area contributed by atoms with Gasteiger partial charge in [-0.05, 0) is 28.8 Å². The van der Waals surface area contributed by atoms with Crippen LogP contribution in [0, 0.1) is 0 Å². The molecule has 2 aromatic carbocycles. The first-order valence-corrected chi connectivity index (χ1v) is 7.51. The molecule has 0 heterocycles. The molecule has 0 aromatic heterocycles. The predicted molar refractivity (Wildman–Crippen MR) is 86.6 cm³/mol. The quantitative estimate of drug-likeness (QED) is 0.801. The van der Waals surface area contributed by atoms with E-state index in [4.69, 9.17) is 11.6 Å². The molecular formula is C16H17BrClN. The summed E-state index contributed by atoms with van der Waals surface area (Å²) in [6.07, 6.45) is 0. The van der Waals surface area contributed by atoms with Crippen LogP contribution in [0.5, 0.6) is 0 Å². The van der Waals surface area contributed by atoms with Gasteiger partial charge in [-0.1, -0.05) is 71.7 Å². The Labute approximate surface area is 128 Å². The summed E-state index contributed by atoms with van der Waals surface area (Å²) in [5.74, 6) is 0. The van der Waals surface area contributed by atoms with E-state index in [9.17, 15) is 0 Å². The lowest BCUT2D eigenvalue weighted by atomic mass is 10.0. The monoisotopic (exact) mass is 337 g/mol. The minimum absolute atomic E-state index is 0.457. The van der Waals surface area contributed by atoms with Crippen LogP contribution in [-0.2, 0) is 6.54 Å². The summed E-state index contributed by atoms with van der Waals surface area (Å²) < 4.78 is 1.08. The molecule has 0 saturated heterocycles. The van der Waals surface area contributed by atoms with Gasteiger partial charge in [0.2, 0.25) is 0 Å². The van der Waals surface area contributed by atoms with Gasteiger partial charge in [0.05, 0.1) is 0 Å². The molecule has 0 spiro atoms. The number of halogens is 2. The van der Waals surface area contributed by atoms with Gasteiger partial charge in [0, 0.05) is 22.1 Å². The lowest BCUT2D eigenvalue weighted by Gasteiger charge is -2.11. The van der Waals surface area contributed by atoms with Gasteiger partial charge in [-0.15, -0.1) is 0 Å². The third-order valence-corrected chi connectivity index (χ3v) is 3.98. The van der Waals surface area contributed by atoms with E-state index in [1.54, 1.807) is 0 Å². The normalized spacial score (nSPS) is 11.0. The number of nitrogens with one attached hydrogen (secondary N) is 1. The van der Waals surface area contributed by atoms with Crippen LogP contribution in [-0.4, -0.2) is 6.04 Å². The molecule has 0 bridgehead atoms. The molecule has 2 rings (SSSR count). The SMILES string of the molecule is CC(C)NCc1ccc(-c2ccccc2Br)cc1Cl. The van der Waals surface area contributed by atoms with Crippen LogP contribution in [0.1, 0.15) is 19.4 Å². The summed E-state index contributed by atoms with van der Waals surface area (Å²) in [6, 6.07) is 14.9. The van der Waals surface area contributed by atoms with E-state index in [1.165, 1.54) is 0 Å². The van der Waals surface area contributed by atoms with Gasteiger partial charge < -0.3 is 5.32 Å². The average molecular weight is 339 g/mol. The summed E-state index contributed by atoms with van der Waals surface area (Å²) >= 11 is 9.93. The van der Waals surface area contributed by atoms with E-state index in [2.05, 4.69) is 53.3 Å². The Morgan fingerprint density at radius 3 is 2.53 bits per heavy atom. The Balaban J connectivity index is 2.26. The maximum absolute atomic E-state index is 6.36. The van der Waals surface area contributed by atoms with Crippen LogP contribution in [0.3, 0.4) is 0 Å². The number of rotatable bonds is 4. The highest BCUT2D eigenvalue weighted by Crippen LogP contribution is 2.30. The van der Waals surface area contributed by atoms with Crippen molar-refractivity contribution in [1.29, 1.82) is 0 Å². The Morgan fingerprint density at radius 2 is 1.89 bits per heavy atom. The van der Waals surface area contributed by atoms with Crippen molar-refractivity contribution in [2.24, 2.45) is 0 Å². The third-order valence-electron chi connectivity index (χ3n) is 2.94. The zero-order valence-electron chi connectivity index (χ0n) is 11.1. The number of hydrogen-bond donors (Lipinski definition) is 1. The highest BCUT2D eigenvalue weighted by molar-refractivity contribution is 9.10. The van der Waals surface area contributed by atoms with E-state index < -0.39 is 0 Å². The largest absolute Gasteiger partial charge is 0.310 e. The summed E-state index contributed by atoms with van der Waals surface area (Å²) in [7, 11) is 0. The first kappa shape index (κ1) is 14.6. The fraction of sp³-hybridized carbons (Fsp3) is 0.250. The second-order valence-electron chi connectivity index (χ2n) is 4.82. The fourth-order valence-corrected chi connectivity index (χ4v) is 2.63. The number of benzene rings is 2. The topological polar surface area (TPSA) is 12.0 Å². The van der Waals surface area contributed by atoms with Gasteiger partial charge >= 0.3 is 0 Å². The zero-order valence-corrected chi connectivity index (χ0v) is 13.4. The molecule has 2 aromatic rings. The molecule has 0 fully saturated rings. The molecule has 0 aliphatic rings. The smallest absolute Gasteiger partial charge is 0.0457 e. The van der Waals surface area contributed by atoms with E-state index in [0.29, 0.717) is 6.04 Å². The van der Waals surface area contributed by atoms with Crippen molar-refractivity contribution in [2.45, 2.75) is 26.4 Å². The second kappa shape index (κ2) is 6.56. The molecule has 0 atom stereocenters. The Bertz CT molecular complexity index is 566. The minimum atomic E-state index is 0.457. The molecule has 1 nitrogen and oxygen atoms in total. The third kappa shape index (κ3) is 3.82. The standard InChI is InChI=1S/C16H17BrClN/c1-11(2)19-10-13-8-7-12(9-16(13)18)14-5-3-4-6-15(14)17/h3-9,11,19H,10H2,1-2H3. The van der Waals surface area contributed by atoms with Crippen molar-refractivity contribution in [3.63, 3.8) is 0 Å². The molecule has 0 aliphatic heterocycles. The highest BCUT2D eigenvalue weighted by atomic mass is 79.9. The first-order valence-electron chi connectivity index (χ1n) is 6.34. The van der Waals surface area contributed by atoms with Crippen molar-refractivity contribution in [3.8, 4) is 11.1 Å². The van der Waals surface area contributed by atoms with Gasteiger partial charge in [-0.2, -0.15) is 0 Å². The summed E-state index contributed by atoms with van der Waals surface area (Å²) in [5.41, 5.74) is 3.42. The Hall–Kier alpha value is -0.830. The van der Waals surface area contributed by atoms with Crippen LogP contribution in [0.25, 0.3) is 11.1 Å². The Kier molecular flexibility index (Phi) is 5.03. The maximum Gasteiger partial charge on any atom is 0.0457 e. The molecule has 0 radical (unpaired) electrons. The van der Waals surface area contributed by atoms with Crippen molar-refractivity contribution in [3.05, 3.63) is 57.5 Å². The summed E-state index contributed by atoms with van der Waals surface area (Å²) in [5, 5.41) is 4.19. The van der Waals surface area contributed by atoms with Crippen molar-refractivity contribution >= 4 is 27.5 Å². The molecule has 19 heavy (non-hydrogen) atoms. The molecule has 0 unspecified atom stereocenters. The van der Waals surface area contributed by atoms with Crippen LogP contribution in [0.2, 0.25) is 5.02 Å². The van der Waals surface area contributed by atoms with E-state index in [-0.39, 0.29) is 0 Å². The molecule has 3 heteroatoms. The average Bonchev–Trinajstić information content (AvgIpc) is 2.37. The van der Waals surface area contributed by atoms with Crippen LogP contribution < -0.4 is 5.32 Å². The number of hydrogen-bond acceptors (Lipinski definition) is 1. The lowest BCUT2D eigenvalue weighted by molar-refractivity contribution is 0.589. The van der Waals surface area contributed by atoms with Crippen molar-refractivity contribution in [2.75, 3.05) is 0 Å². The van der Waals surface area contributed by atoms with E-state index in [0.717, 1.165) is 32.7 Å².